The minimum absolute atomic E-state index is 0.0411. The summed E-state index contributed by atoms with van der Waals surface area (Å²) >= 11 is 0. The predicted molar refractivity (Wildman–Crippen MR) is 83.4 cm³/mol. The van der Waals surface area contributed by atoms with E-state index in [9.17, 15) is 4.79 Å². The van der Waals surface area contributed by atoms with Crippen molar-refractivity contribution >= 4 is 5.78 Å². The van der Waals surface area contributed by atoms with Crippen LogP contribution in [0.1, 0.15) is 34.0 Å². The molecule has 0 saturated carbocycles. The standard InChI is InChI=1S/C18H20O4/c1-18(22-2,16-9-5-14(12-20)6-10-16)17(21)15-7-3-13(11-19)4-8-15/h3-10,19-20H,11-12H2,1-2H3. The number of ether oxygens (including phenoxy) is 1. The minimum Gasteiger partial charge on any atom is -0.392 e. The number of rotatable bonds is 6. The number of carbonyl (C=O) groups excluding carboxylic acids is 1. The fourth-order valence-corrected chi connectivity index (χ4v) is 2.31. The van der Waals surface area contributed by atoms with E-state index >= 15 is 0 Å². The Morgan fingerprint density at radius 2 is 1.41 bits per heavy atom. The van der Waals surface area contributed by atoms with Gasteiger partial charge in [-0.2, -0.15) is 0 Å². The first-order valence-electron chi connectivity index (χ1n) is 7.05. The lowest BCUT2D eigenvalue weighted by Gasteiger charge is -2.27. The van der Waals surface area contributed by atoms with Crippen molar-refractivity contribution in [3.63, 3.8) is 0 Å². The lowest BCUT2D eigenvalue weighted by Crippen LogP contribution is -2.34. The second kappa shape index (κ2) is 6.83. The molecular weight excluding hydrogens is 280 g/mol. The summed E-state index contributed by atoms with van der Waals surface area (Å²) in [6, 6.07) is 13.9. The van der Waals surface area contributed by atoms with Crippen molar-refractivity contribution in [1.29, 1.82) is 0 Å². The van der Waals surface area contributed by atoms with Gasteiger partial charge >= 0.3 is 0 Å². The van der Waals surface area contributed by atoms with Crippen molar-refractivity contribution in [3.05, 3.63) is 70.8 Å². The SMILES string of the molecule is COC(C)(C(=O)c1ccc(CO)cc1)c1ccc(CO)cc1. The summed E-state index contributed by atoms with van der Waals surface area (Å²) in [5.74, 6) is -0.156. The van der Waals surface area contributed by atoms with Gasteiger partial charge in [0.1, 0.15) is 0 Å². The zero-order valence-corrected chi connectivity index (χ0v) is 12.7. The van der Waals surface area contributed by atoms with Gasteiger partial charge < -0.3 is 14.9 Å². The Bertz CT molecular complexity index is 631. The van der Waals surface area contributed by atoms with Crippen LogP contribution >= 0.6 is 0 Å². The third kappa shape index (κ3) is 3.09. The quantitative estimate of drug-likeness (QED) is 0.804. The summed E-state index contributed by atoms with van der Waals surface area (Å²) in [6.07, 6.45) is 0. The van der Waals surface area contributed by atoms with Crippen molar-refractivity contribution < 1.29 is 19.7 Å². The first-order valence-corrected chi connectivity index (χ1v) is 7.05. The number of Topliss-reactive ketones (excluding diaryl/α,β-unsaturated/α-hetero) is 1. The van der Waals surface area contributed by atoms with E-state index in [1.54, 1.807) is 55.5 Å². The van der Waals surface area contributed by atoms with Gasteiger partial charge in [0.05, 0.1) is 13.2 Å². The van der Waals surface area contributed by atoms with E-state index < -0.39 is 5.60 Å². The Kier molecular flexibility index (Phi) is 5.08. The number of ketones is 1. The maximum Gasteiger partial charge on any atom is 0.198 e. The second-order valence-electron chi connectivity index (χ2n) is 5.28. The summed E-state index contributed by atoms with van der Waals surface area (Å²) in [5, 5.41) is 18.2. The number of aliphatic hydroxyl groups is 2. The Morgan fingerprint density at radius 1 is 0.955 bits per heavy atom. The lowest BCUT2D eigenvalue weighted by molar-refractivity contribution is 0.0101. The minimum atomic E-state index is -1.10. The third-order valence-corrected chi connectivity index (χ3v) is 3.93. The largest absolute Gasteiger partial charge is 0.392 e. The predicted octanol–water partition coefficient (Wildman–Crippen LogP) is 2.42. The number of hydrogen-bond acceptors (Lipinski definition) is 4. The van der Waals surface area contributed by atoms with Gasteiger partial charge in [-0.15, -0.1) is 0 Å². The molecule has 4 nitrogen and oxygen atoms in total. The molecule has 0 aliphatic heterocycles. The molecule has 2 N–H and O–H groups in total. The van der Waals surface area contributed by atoms with Gasteiger partial charge in [0, 0.05) is 12.7 Å². The fraction of sp³-hybridized carbons (Fsp3) is 0.278. The Hall–Kier alpha value is -2.01. The molecule has 4 heteroatoms. The average molecular weight is 300 g/mol. The molecule has 2 aromatic rings. The van der Waals surface area contributed by atoms with E-state index in [4.69, 9.17) is 14.9 Å². The molecule has 0 fully saturated rings. The van der Waals surface area contributed by atoms with Crippen LogP contribution in [0.4, 0.5) is 0 Å². The van der Waals surface area contributed by atoms with Crippen LogP contribution in [0.2, 0.25) is 0 Å². The highest BCUT2D eigenvalue weighted by Gasteiger charge is 2.35. The number of aliphatic hydroxyl groups excluding tert-OH is 2. The van der Waals surface area contributed by atoms with Crippen LogP contribution in [0, 0.1) is 0 Å². The summed E-state index contributed by atoms with van der Waals surface area (Å²) in [4.78, 5) is 12.8. The highest BCUT2D eigenvalue weighted by molar-refractivity contribution is 6.02. The molecule has 2 rings (SSSR count). The van der Waals surface area contributed by atoms with Gasteiger partial charge in [0.25, 0.3) is 0 Å². The molecule has 0 aliphatic carbocycles. The molecule has 1 atom stereocenters. The van der Waals surface area contributed by atoms with Crippen LogP contribution in [0.5, 0.6) is 0 Å². The first kappa shape index (κ1) is 16.4. The number of methoxy groups -OCH3 is 1. The highest BCUT2D eigenvalue weighted by Crippen LogP contribution is 2.29. The molecule has 0 amide bonds. The van der Waals surface area contributed by atoms with Crippen molar-refractivity contribution in [3.8, 4) is 0 Å². The van der Waals surface area contributed by atoms with Gasteiger partial charge in [-0.05, 0) is 23.6 Å². The molecule has 1 unspecified atom stereocenters. The molecule has 116 valence electrons. The zero-order valence-electron chi connectivity index (χ0n) is 12.7. The van der Waals surface area contributed by atoms with Crippen LogP contribution in [-0.2, 0) is 23.6 Å². The van der Waals surface area contributed by atoms with E-state index in [1.165, 1.54) is 7.11 Å². The van der Waals surface area contributed by atoms with Crippen LogP contribution in [0.25, 0.3) is 0 Å². The van der Waals surface area contributed by atoms with Gasteiger partial charge in [-0.25, -0.2) is 0 Å². The maximum atomic E-state index is 12.8. The fourth-order valence-electron chi connectivity index (χ4n) is 2.31. The lowest BCUT2D eigenvalue weighted by atomic mass is 9.86. The highest BCUT2D eigenvalue weighted by atomic mass is 16.5. The molecule has 0 heterocycles. The Balaban J connectivity index is 2.36. The van der Waals surface area contributed by atoms with Crippen LogP contribution < -0.4 is 0 Å². The molecule has 0 radical (unpaired) electrons. The normalized spacial score (nSPS) is 13.6. The third-order valence-electron chi connectivity index (χ3n) is 3.93. The average Bonchev–Trinajstić information content (AvgIpc) is 2.60. The maximum absolute atomic E-state index is 12.8. The van der Waals surface area contributed by atoms with Gasteiger partial charge in [-0.3, -0.25) is 4.79 Å². The van der Waals surface area contributed by atoms with Gasteiger partial charge in [0.2, 0.25) is 0 Å². The summed E-state index contributed by atoms with van der Waals surface area (Å²) < 4.78 is 5.51. The Labute approximate surface area is 130 Å². The molecule has 0 aliphatic rings. The van der Waals surface area contributed by atoms with E-state index in [2.05, 4.69) is 0 Å². The Morgan fingerprint density at radius 3 is 1.82 bits per heavy atom. The molecule has 0 aromatic heterocycles. The van der Waals surface area contributed by atoms with Crippen LogP contribution in [0.15, 0.2) is 48.5 Å². The van der Waals surface area contributed by atoms with Crippen molar-refractivity contribution in [2.45, 2.75) is 25.7 Å². The molecule has 0 saturated heterocycles. The van der Waals surface area contributed by atoms with E-state index in [-0.39, 0.29) is 19.0 Å². The topological polar surface area (TPSA) is 66.8 Å². The molecule has 2 aromatic carbocycles. The van der Waals surface area contributed by atoms with E-state index in [1.807, 2.05) is 0 Å². The van der Waals surface area contributed by atoms with Gasteiger partial charge in [-0.1, -0.05) is 48.5 Å². The number of carbonyl (C=O) groups is 1. The van der Waals surface area contributed by atoms with Crippen LogP contribution in [0.3, 0.4) is 0 Å². The first-order chi connectivity index (χ1) is 10.5. The van der Waals surface area contributed by atoms with Crippen molar-refractivity contribution in [1.82, 2.24) is 0 Å². The number of hydrogen-bond donors (Lipinski definition) is 2. The molecule has 0 spiro atoms. The smallest absolute Gasteiger partial charge is 0.198 e. The monoisotopic (exact) mass is 300 g/mol. The molecular formula is C18H20O4. The summed E-state index contributed by atoms with van der Waals surface area (Å²) in [6.45, 7) is 1.63. The van der Waals surface area contributed by atoms with Gasteiger partial charge in [0.15, 0.2) is 11.4 Å². The van der Waals surface area contributed by atoms with E-state index in [0.717, 1.165) is 16.7 Å². The molecule has 0 bridgehead atoms. The second-order valence-corrected chi connectivity index (χ2v) is 5.28. The number of benzene rings is 2. The van der Waals surface area contributed by atoms with E-state index in [0.29, 0.717) is 5.56 Å². The van der Waals surface area contributed by atoms with Crippen molar-refractivity contribution in [2.24, 2.45) is 0 Å². The summed E-state index contributed by atoms with van der Waals surface area (Å²) in [5.41, 5.74) is 1.68. The zero-order chi connectivity index (χ0) is 16.2. The molecule has 22 heavy (non-hydrogen) atoms. The van der Waals surface area contributed by atoms with Crippen LogP contribution in [-0.4, -0.2) is 23.1 Å². The van der Waals surface area contributed by atoms with Crippen molar-refractivity contribution in [2.75, 3.05) is 7.11 Å². The summed E-state index contributed by atoms with van der Waals surface area (Å²) in [7, 11) is 1.50.